The van der Waals surface area contributed by atoms with Crippen molar-refractivity contribution in [3.8, 4) is 0 Å². The molecule has 0 spiro atoms. The van der Waals surface area contributed by atoms with E-state index in [0.717, 1.165) is 6.07 Å². The molecule has 0 unspecified atom stereocenters. The van der Waals surface area contributed by atoms with Gasteiger partial charge in [-0.2, -0.15) is 0 Å². The number of aromatic nitrogens is 1. The van der Waals surface area contributed by atoms with E-state index in [4.69, 9.17) is 5.11 Å². The summed E-state index contributed by atoms with van der Waals surface area (Å²) in [5.41, 5.74) is -0.327. The van der Waals surface area contributed by atoms with Crippen LogP contribution in [-0.2, 0) is 21.4 Å². The van der Waals surface area contributed by atoms with Crippen molar-refractivity contribution in [3.05, 3.63) is 34.2 Å². The lowest BCUT2D eigenvalue weighted by atomic mass is 10.1. The number of aryl methyl sites for hydroxylation is 1. The molecule has 1 heterocycles. The third-order valence-electron chi connectivity index (χ3n) is 2.83. The fourth-order valence-corrected chi connectivity index (χ4v) is 1.55. The molecule has 1 rings (SSSR count). The topological polar surface area (TPSA) is 115 Å². The molecule has 0 saturated carbocycles. The van der Waals surface area contributed by atoms with E-state index in [1.54, 1.807) is 0 Å². The van der Waals surface area contributed by atoms with Crippen molar-refractivity contribution >= 4 is 17.8 Å². The normalized spacial score (nSPS) is 11.5. The third kappa shape index (κ3) is 4.75. The van der Waals surface area contributed by atoms with E-state index in [9.17, 15) is 19.2 Å². The average molecular weight is 296 g/mol. The lowest BCUT2D eigenvalue weighted by Crippen LogP contribution is -2.41. The van der Waals surface area contributed by atoms with E-state index in [1.807, 2.05) is 0 Å². The molecule has 0 aliphatic heterocycles. The predicted octanol–water partition coefficient (Wildman–Crippen LogP) is -0.478. The Kier molecular flexibility index (Phi) is 5.65. The molecule has 0 aliphatic carbocycles. The van der Waals surface area contributed by atoms with Gasteiger partial charge in [0.2, 0.25) is 0 Å². The second-order valence-corrected chi connectivity index (χ2v) is 4.34. The van der Waals surface area contributed by atoms with Crippen LogP contribution in [0.25, 0.3) is 0 Å². The zero-order chi connectivity index (χ0) is 16.0. The number of esters is 1. The van der Waals surface area contributed by atoms with Crippen LogP contribution < -0.4 is 10.9 Å². The first-order valence-electron chi connectivity index (χ1n) is 6.12. The largest absolute Gasteiger partial charge is 0.480 e. The number of nitrogens with one attached hydrogen (secondary N) is 1. The second-order valence-electron chi connectivity index (χ2n) is 4.34. The van der Waals surface area contributed by atoms with E-state index in [2.05, 4.69) is 10.1 Å². The lowest BCUT2D eigenvalue weighted by Gasteiger charge is -2.14. The van der Waals surface area contributed by atoms with Crippen molar-refractivity contribution in [2.24, 2.45) is 7.05 Å². The van der Waals surface area contributed by atoms with Crippen LogP contribution in [0.5, 0.6) is 0 Å². The van der Waals surface area contributed by atoms with Crippen LogP contribution in [0.1, 0.15) is 23.2 Å². The Balaban J connectivity index is 2.76. The number of carboxylic acids is 1. The van der Waals surface area contributed by atoms with Gasteiger partial charge in [0.15, 0.2) is 0 Å². The maximum absolute atomic E-state index is 11.9. The van der Waals surface area contributed by atoms with Gasteiger partial charge in [0, 0.05) is 31.3 Å². The van der Waals surface area contributed by atoms with Crippen LogP contribution in [0.15, 0.2) is 23.1 Å². The molecule has 0 aliphatic rings. The van der Waals surface area contributed by atoms with Crippen LogP contribution in [0.4, 0.5) is 0 Å². The molecular weight excluding hydrogens is 280 g/mol. The molecule has 2 N–H and O–H groups in total. The minimum atomic E-state index is -1.27. The van der Waals surface area contributed by atoms with Crippen molar-refractivity contribution in [3.63, 3.8) is 0 Å². The number of amides is 1. The van der Waals surface area contributed by atoms with Gasteiger partial charge in [0.05, 0.1) is 7.11 Å². The maximum Gasteiger partial charge on any atom is 0.326 e. The summed E-state index contributed by atoms with van der Waals surface area (Å²) in [6, 6.07) is 1.27. The van der Waals surface area contributed by atoms with Gasteiger partial charge in [-0.25, -0.2) is 4.79 Å². The highest BCUT2D eigenvalue weighted by Crippen LogP contribution is 2.02. The number of ether oxygens (including phenoxy) is 1. The molecular formula is C13H16N2O6. The highest BCUT2D eigenvalue weighted by Gasteiger charge is 2.22. The molecule has 8 heteroatoms. The first kappa shape index (κ1) is 16.4. The Morgan fingerprint density at radius 1 is 1.43 bits per heavy atom. The Hall–Kier alpha value is -2.64. The van der Waals surface area contributed by atoms with E-state index in [0.29, 0.717) is 0 Å². The quantitative estimate of drug-likeness (QED) is 0.685. The van der Waals surface area contributed by atoms with Gasteiger partial charge in [-0.1, -0.05) is 0 Å². The van der Waals surface area contributed by atoms with Crippen LogP contribution in [0, 0.1) is 0 Å². The number of hydrogen-bond donors (Lipinski definition) is 2. The van der Waals surface area contributed by atoms with Gasteiger partial charge in [-0.15, -0.1) is 0 Å². The van der Waals surface area contributed by atoms with Gasteiger partial charge in [0.25, 0.3) is 11.5 Å². The van der Waals surface area contributed by atoms with Crippen LogP contribution in [0.3, 0.4) is 0 Å². The highest BCUT2D eigenvalue weighted by molar-refractivity contribution is 5.96. The Morgan fingerprint density at radius 2 is 2.10 bits per heavy atom. The summed E-state index contributed by atoms with van der Waals surface area (Å²) in [5.74, 6) is -2.52. The van der Waals surface area contributed by atoms with Gasteiger partial charge >= 0.3 is 11.9 Å². The fourth-order valence-electron chi connectivity index (χ4n) is 1.55. The molecule has 1 aromatic heterocycles. The average Bonchev–Trinajstić information content (AvgIpc) is 2.45. The van der Waals surface area contributed by atoms with Gasteiger partial charge in [0.1, 0.15) is 6.04 Å². The van der Waals surface area contributed by atoms with Gasteiger partial charge < -0.3 is 19.7 Å². The maximum atomic E-state index is 11.9. The zero-order valence-corrected chi connectivity index (χ0v) is 11.7. The van der Waals surface area contributed by atoms with E-state index in [1.165, 1.54) is 31.0 Å². The third-order valence-corrected chi connectivity index (χ3v) is 2.83. The first-order valence-corrected chi connectivity index (χ1v) is 6.12. The number of carboxylic acid groups (broad SMARTS) is 1. The van der Waals surface area contributed by atoms with Crippen molar-refractivity contribution in [1.29, 1.82) is 0 Å². The molecule has 0 bridgehead atoms. The molecule has 21 heavy (non-hydrogen) atoms. The van der Waals surface area contributed by atoms with Crippen LogP contribution in [0.2, 0.25) is 0 Å². The SMILES string of the molecule is COC(=O)CC[C@H](NC(=O)c1ccn(C)c(=O)c1)C(=O)O. The Morgan fingerprint density at radius 3 is 2.62 bits per heavy atom. The van der Waals surface area contributed by atoms with Gasteiger partial charge in [-0.05, 0) is 12.5 Å². The Bertz CT molecular complexity index is 607. The summed E-state index contributed by atoms with van der Waals surface area (Å²) >= 11 is 0. The molecule has 0 saturated heterocycles. The summed E-state index contributed by atoms with van der Waals surface area (Å²) < 4.78 is 5.69. The molecule has 8 nitrogen and oxygen atoms in total. The van der Waals surface area contributed by atoms with E-state index >= 15 is 0 Å². The number of hydrogen-bond acceptors (Lipinski definition) is 5. The predicted molar refractivity (Wildman–Crippen MR) is 71.8 cm³/mol. The molecule has 114 valence electrons. The van der Waals surface area contributed by atoms with Gasteiger partial charge in [-0.3, -0.25) is 14.4 Å². The van der Waals surface area contributed by atoms with Crippen LogP contribution in [-0.4, -0.2) is 40.7 Å². The van der Waals surface area contributed by atoms with Crippen molar-refractivity contribution in [1.82, 2.24) is 9.88 Å². The van der Waals surface area contributed by atoms with Crippen LogP contribution >= 0.6 is 0 Å². The summed E-state index contributed by atoms with van der Waals surface area (Å²) in [5, 5.41) is 11.3. The van der Waals surface area contributed by atoms with E-state index < -0.39 is 23.9 Å². The molecule has 0 radical (unpaired) electrons. The summed E-state index contributed by atoms with van der Waals surface area (Å²) in [6.45, 7) is 0. The minimum absolute atomic E-state index is 0.0578. The molecule has 1 atom stereocenters. The molecule has 1 amide bonds. The number of rotatable bonds is 6. The van der Waals surface area contributed by atoms with E-state index in [-0.39, 0.29) is 24.0 Å². The minimum Gasteiger partial charge on any atom is -0.480 e. The highest BCUT2D eigenvalue weighted by atomic mass is 16.5. The smallest absolute Gasteiger partial charge is 0.326 e. The van der Waals surface area contributed by atoms with Crippen molar-refractivity contribution in [2.75, 3.05) is 7.11 Å². The molecule has 0 aromatic carbocycles. The van der Waals surface area contributed by atoms with Crippen molar-refractivity contribution < 1.29 is 24.2 Å². The fraction of sp³-hybridized carbons (Fsp3) is 0.385. The number of methoxy groups -OCH3 is 1. The summed E-state index contributed by atoms with van der Waals surface area (Å²) in [6.07, 6.45) is 1.17. The summed E-state index contributed by atoms with van der Waals surface area (Å²) in [7, 11) is 2.72. The second kappa shape index (κ2) is 7.22. The zero-order valence-electron chi connectivity index (χ0n) is 11.7. The first-order chi connectivity index (χ1) is 9.85. The Labute approximate surface area is 120 Å². The number of carbonyl (C=O) groups excluding carboxylic acids is 2. The number of pyridine rings is 1. The van der Waals surface area contributed by atoms with Crippen molar-refractivity contribution in [2.45, 2.75) is 18.9 Å². The summed E-state index contributed by atoms with van der Waals surface area (Å²) in [4.78, 5) is 45.4. The monoisotopic (exact) mass is 296 g/mol. The molecule has 1 aromatic rings. The number of aliphatic carboxylic acids is 1. The molecule has 0 fully saturated rings. The number of carbonyl (C=O) groups is 3. The number of nitrogens with zero attached hydrogens (tertiary/aromatic N) is 1. The lowest BCUT2D eigenvalue weighted by molar-refractivity contribution is -0.142. The standard InChI is InChI=1S/C13H16N2O6/c1-15-6-5-8(7-10(15)16)12(18)14-9(13(19)20)3-4-11(17)21-2/h5-7,9H,3-4H2,1-2H3,(H,14,18)(H,19,20)/t9-/m0/s1.